The molecule has 8 aromatic rings. The highest BCUT2D eigenvalue weighted by atomic mass is 14.9. The molecule has 0 aliphatic heterocycles. The summed E-state index contributed by atoms with van der Waals surface area (Å²) in [4.78, 5) is 16.1. The fraction of sp³-hybridized carbons (Fsp3) is 0.0192. The van der Waals surface area contributed by atoms with Gasteiger partial charge in [-0.25, -0.2) is 15.0 Å². The van der Waals surface area contributed by atoms with Gasteiger partial charge in [0.2, 0.25) is 0 Å². The molecule has 0 atom stereocenters. The molecule has 0 fully saturated rings. The average Bonchev–Trinajstić information content (AvgIpc) is 3.27. The Bertz CT molecular complexity index is 2610. The molecule has 0 spiro atoms. The summed E-state index contributed by atoms with van der Waals surface area (Å²) in [5.41, 5.74) is 15.2. The zero-order valence-electron chi connectivity index (χ0n) is 30.7. The van der Waals surface area contributed by atoms with E-state index in [1.54, 1.807) is 0 Å². The summed E-state index contributed by atoms with van der Waals surface area (Å²) >= 11 is 0. The Morgan fingerprint density at radius 2 is 0.764 bits per heavy atom. The van der Waals surface area contributed by atoms with Gasteiger partial charge in [0.1, 0.15) is 0 Å². The molecule has 0 amide bonds. The molecule has 55 heavy (non-hydrogen) atoms. The monoisotopic (exact) mass is 705 g/mol. The van der Waals surface area contributed by atoms with Crippen molar-refractivity contribution in [1.29, 1.82) is 0 Å². The van der Waals surface area contributed by atoms with Gasteiger partial charge in [0, 0.05) is 33.4 Å². The number of aliphatic imine (C=N–C) groups is 1. The van der Waals surface area contributed by atoms with Gasteiger partial charge in [-0.2, -0.15) is 0 Å². The number of allylic oxidation sites excluding steroid dienone is 2. The fourth-order valence-electron chi connectivity index (χ4n) is 6.72. The second kappa shape index (κ2) is 16.2. The van der Waals surface area contributed by atoms with Crippen LogP contribution in [-0.4, -0.2) is 15.7 Å². The number of rotatable bonds is 10. The van der Waals surface area contributed by atoms with E-state index in [1.807, 2.05) is 66.7 Å². The first-order chi connectivity index (χ1) is 27.1. The first-order valence-electron chi connectivity index (χ1n) is 18.5. The number of aromatic nitrogens is 2. The summed E-state index contributed by atoms with van der Waals surface area (Å²) < 4.78 is 0. The Kier molecular flexibility index (Phi) is 10.3. The SMILES string of the molecule is C=C(N=C(/C=C(\C)c1ccccc1)c1ccccc1)c1cccc(-c2nc(-c3ccc(-c4ccccc4)cc3)c(-c3ccccc3)nc2-c2ccccc2)c1. The third-order valence-electron chi connectivity index (χ3n) is 9.63. The molecular weight excluding hydrogens is 667 g/mol. The van der Waals surface area contributed by atoms with E-state index in [2.05, 4.69) is 153 Å². The largest absolute Gasteiger partial charge is 0.248 e. The number of hydrogen-bond acceptors (Lipinski definition) is 3. The van der Waals surface area contributed by atoms with Gasteiger partial charge in [0.15, 0.2) is 0 Å². The third kappa shape index (κ3) is 7.92. The maximum Gasteiger partial charge on any atom is 0.0973 e. The molecule has 0 aliphatic rings. The molecular formula is C52H39N3. The Labute approximate surface area is 323 Å². The minimum absolute atomic E-state index is 0.657. The van der Waals surface area contributed by atoms with Crippen molar-refractivity contribution in [1.82, 2.24) is 9.97 Å². The molecule has 0 unspecified atom stereocenters. The minimum atomic E-state index is 0.657. The first kappa shape index (κ1) is 34.8. The quantitative estimate of drug-likeness (QED) is 0.133. The van der Waals surface area contributed by atoms with Crippen LogP contribution in [0.2, 0.25) is 0 Å². The van der Waals surface area contributed by atoms with Crippen LogP contribution in [-0.2, 0) is 0 Å². The van der Waals surface area contributed by atoms with Crippen LogP contribution in [0, 0.1) is 0 Å². The van der Waals surface area contributed by atoms with Crippen molar-refractivity contribution in [3.63, 3.8) is 0 Å². The highest BCUT2D eigenvalue weighted by molar-refractivity contribution is 6.14. The van der Waals surface area contributed by atoms with Crippen LogP contribution in [0.25, 0.3) is 67.4 Å². The van der Waals surface area contributed by atoms with E-state index in [4.69, 9.17) is 15.0 Å². The van der Waals surface area contributed by atoms with E-state index in [9.17, 15) is 0 Å². The summed E-state index contributed by atoms with van der Waals surface area (Å²) in [5, 5.41) is 0. The first-order valence-corrected chi connectivity index (χ1v) is 18.5. The van der Waals surface area contributed by atoms with E-state index in [-0.39, 0.29) is 0 Å². The van der Waals surface area contributed by atoms with Crippen molar-refractivity contribution in [3.8, 4) is 56.2 Å². The molecule has 0 saturated carbocycles. The normalized spacial score (nSPS) is 11.7. The predicted molar refractivity (Wildman–Crippen MR) is 231 cm³/mol. The van der Waals surface area contributed by atoms with Crippen LogP contribution in [0.5, 0.6) is 0 Å². The maximum absolute atomic E-state index is 5.51. The van der Waals surface area contributed by atoms with Gasteiger partial charge in [-0.1, -0.05) is 201 Å². The molecule has 1 aromatic heterocycles. The van der Waals surface area contributed by atoms with Crippen LogP contribution < -0.4 is 0 Å². The number of hydrogen-bond donors (Lipinski definition) is 0. The van der Waals surface area contributed by atoms with Gasteiger partial charge < -0.3 is 0 Å². The summed E-state index contributed by atoms with van der Waals surface area (Å²) in [7, 11) is 0. The topological polar surface area (TPSA) is 38.1 Å². The van der Waals surface area contributed by atoms with Crippen molar-refractivity contribution in [2.45, 2.75) is 6.92 Å². The predicted octanol–water partition coefficient (Wildman–Crippen LogP) is 13.4. The van der Waals surface area contributed by atoms with Crippen molar-refractivity contribution in [2.75, 3.05) is 0 Å². The second-order valence-electron chi connectivity index (χ2n) is 13.4. The molecule has 0 aliphatic carbocycles. The zero-order valence-corrected chi connectivity index (χ0v) is 30.7. The van der Waals surface area contributed by atoms with Gasteiger partial charge in [-0.15, -0.1) is 0 Å². The Hall–Kier alpha value is -7.23. The molecule has 0 N–H and O–H groups in total. The maximum atomic E-state index is 5.51. The summed E-state index contributed by atoms with van der Waals surface area (Å²) in [6.07, 6.45) is 2.14. The van der Waals surface area contributed by atoms with Gasteiger partial charge in [0.05, 0.1) is 34.2 Å². The lowest BCUT2D eigenvalue weighted by Gasteiger charge is -2.17. The minimum Gasteiger partial charge on any atom is -0.248 e. The highest BCUT2D eigenvalue weighted by Gasteiger charge is 2.20. The van der Waals surface area contributed by atoms with Gasteiger partial charge in [-0.05, 0) is 41.3 Å². The summed E-state index contributed by atoms with van der Waals surface area (Å²) in [6, 6.07) is 68.6. The highest BCUT2D eigenvalue weighted by Crippen LogP contribution is 2.38. The van der Waals surface area contributed by atoms with Crippen LogP contribution in [0.15, 0.2) is 218 Å². The van der Waals surface area contributed by atoms with Crippen LogP contribution in [0.1, 0.15) is 23.6 Å². The van der Waals surface area contributed by atoms with Crippen LogP contribution in [0.4, 0.5) is 0 Å². The molecule has 3 nitrogen and oxygen atoms in total. The van der Waals surface area contributed by atoms with E-state index in [1.165, 1.54) is 5.56 Å². The Morgan fingerprint density at radius 1 is 0.400 bits per heavy atom. The second-order valence-corrected chi connectivity index (χ2v) is 13.4. The van der Waals surface area contributed by atoms with E-state index >= 15 is 0 Å². The molecule has 0 bridgehead atoms. The third-order valence-corrected chi connectivity index (χ3v) is 9.63. The molecule has 8 rings (SSSR count). The average molecular weight is 706 g/mol. The number of benzene rings is 7. The molecule has 7 aromatic carbocycles. The van der Waals surface area contributed by atoms with Gasteiger partial charge >= 0.3 is 0 Å². The van der Waals surface area contributed by atoms with Crippen LogP contribution in [0.3, 0.4) is 0 Å². The Morgan fingerprint density at radius 3 is 1.29 bits per heavy atom. The lowest BCUT2D eigenvalue weighted by Crippen LogP contribution is -2.01. The zero-order chi connectivity index (χ0) is 37.4. The molecule has 1 heterocycles. The fourth-order valence-corrected chi connectivity index (χ4v) is 6.72. The van der Waals surface area contributed by atoms with Crippen molar-refractivity contribution < 1.29 is 0 Å². The van der Waals surface area contributed by atoms with Crippen molar-refractivity contribution in [3.05, 3.63) is 230 Å². The van der Waals surface area contributed by atoms with Gasteiger partial charge in [0.25, 0.3) is 0 Å². The summed E-state index contributed by atoms with van der Waals surface area (Å²) in [5.74, 6) is 0. The van der Waals surface area contributed by atoms with E-state index in [0.717, 1.165) is 78.6 Å². The smallest absolute Gasteiger partial charge is 0.0973 e. The summed E-state index contributed by atoms with van der Waals surface area (Å²) in [6.45, 7) is 6.60. The van der Waals surface area contributed by atoms with Crippen molar-refractivity contribution >= 4 is 17.0 Å². The van der Waals surface area contributed by atoms with E-state index in [0.29, 0.717) is 5.70 Å². The van der Waals surface area contributed by atoms with Gasteiger partial charge in [-0.3, -0.25) is 0 Å². The Balaban J connectivity index is 1.26. The lowest BCUT2D eigenvalue weighted by molar-refractivity contribution is 1.21. The molecule has 3 heteroatoms. The molecule has 0 saturated heterocycles. The van der Waals surface area contributed by atoms with Crippen LogP contribution >= 0.6 is 0 Å². The number of nitrogens with zero attached hydrogens (tertiary/aromatic N) is 3. The molecule has 0 radical (unpaired) electrons. The van der Waals surface area contributed by atoms with Crippen molar-refractivity contribution in [2.24, 2.45) is 4.99 Å². The van der Waals surface area contributed by atoms with E-state index < -0.39 is 0 Å². The lowest BCUT2D eigenvalue weighted by atomic mass is 9.97. The molecule has 262 valence electrons. The standard InChI is InChI=1S/C52H39N3/c1-37(39-19-8-3-9-20-39)35-48(42-23-12-5-13-24-42)53-38(2)46-29-18-30-47(36-46)52-50(44-27-16-7-17-28-44)54-49(43-25-14-6-15-26-43)51(55-52)45-33-31-41(32-34-45)40-21-10-4-11-22-40/h3-36H,2H2,1H3/b37-35+,53-48?.